The quantitative estimate of drug-likeness (QED) is 0.759. The van der Waals surface area contributed by atoms with Crippen molar-refractivity contribution in [3.8, 4) is 11.4 Å². The van der Waals surface area contributed by atoms with Crippen molar-refractivity contribution in [2.45, 2.75) is 0 Å². The number of anilines is 1. The van der Waals surface area contributed by atoms with Crippen molar-refractivity contribution in [1.29, 1.82) is 0 Å². The van der Waals surface area contributed by atoms with Gasteiger partial charge in [0, 0.05) is 24.0 Å². The molecule has 0 aliphatic rings. The molecule has 0 atom stereocenters. The van der Waals surface area contributed by atoms with E-state index in [0.717, 1.165) is 28.2 Å². The zero-order valence-electron chi connectivity index (χ0n) is 12.2. The van der Waals surface area contributed by atoms with Crippen molar-refractivity contribution in [2.24, 2.45) is 0 Å². The van der Waals surface area contributed by atoms with Crippen molar-refractivity contribution in [3.63, 3.8) is 0 Å². The summed E-state index contributed by atoms with van der Waals surface area (Å²) < 4.78 is 7.24. The van der Waals surface area contributed by atoms with E-state index in [9.17, 15) is 0 Å². The second kappa shape index (κ2) is 7.15. The summed E-state index contributed by atoms with van der Waals surface area (Å²) in [7, 11) is 1.65. The van der Waals surface area contributed by atoms with Crippen molar-refractivity contribution in [2.75, 3.05) is 25.6 Å². The molecule has 6 heteroatoms. The zero-order valence-corrected chi connectivity index (χ0v) is 13.0. The molecule has 0 bridgehead atoms. The number of ether oxygens (including phenoxy) is 1. The smallest absolute Gasteiger partial charge is 0.121 e. The third kappa shape index (κ3) is 3.16. The van der Waals surface area contributed by atoms with Crippen LogP contribution < -0.4 is 10.1 Å². The molecule has 22 heavy (non-hydrogen) atoms. The number of fused-ring (bicyclic) bond motifs is 1. The number of imidazole rings is 1. The van der Waals surface area contributed by atoms with Crippen molar-refractivity contribution in [1.82, 2.24) is 9.55 Å². The molecule has 3 rings (SSSR count). The number of benzene rings is 2. The summed E-state index contributed by atoms with van der Waals surface area (Å²) in [5.41, 5.74) is 3.96. The van der Waals surface area contributed by atoms with Crippen LogP contribution in [-0.2, 0) is 0 Å². The van der Waals surface area contributed by atoms with Gasteiger partial charge in [-0.15, -0.1) is 12.4 Å². The minimum absolute atomic E-state index is 0. The number of aromatic nitrogens is 2. The molecule has 0 fully saturated rings. The monoisotopic (exact) mass is 319 g/mol. The molecule has 1 heterocycles. The Morgan fingerprint density at radius 3 is 2.64 bits per heavy atom. The van der Waals surface area contributed by atoms with Crippen molar-refractivity contribution in [3.05, 3.63) is 48.8 Å². The Kier molecular flexibility index (Phi) is 5.25. The molecule has 3 aromatic rings. The summed E-state index contributed by atoms with van der Waals surface area (Å²) in [6.45, 7) is 0.670. The van der Waals surface area contributed by atoms with Crippen molar-refractivity contribution < 1.29 is 9.84 Å². The van der Waals surface area contributed by atoms with E-state index in [4.69, 9.17) is 9.84 Å². The Morgan fingerprint density at radius 2 is 1.95 bits per heavy atom. The average molecular weight is 320 g/mol. The number of rotatable bonds is 5. The summed E-state index contributed by atoms with van der Waals surface area (Å²) in [4.78, 5) is 4.41. The first kappa shape index (κ1) is 16.1. The summed E-state index contributed by atoms with van der Waals surface area (Å²) >= 11 is 0. The number of nitrogens with zero attached hydrogens (tertiary/aromatic N) is 2. The number of halogens is 1. The lowest BCUT2D eigenvalue weighted by atomic mass is 10.2. The minimum atomic E-state index is 0. The van der Waals surface area contributed by atoms with Gasteiger partial charge in [-0.25, -0.2) is 4.98 Å². The molecule has 0 saturated heterocycles. The van der Waals surface area contributed by atoms with Crippen LogP contribution in [0.25, 0.3) is 16.7 Å². The summed E-state index contributed by atoms with van der Waals surface area (Å²) in [6.07, 6.45) is 1.81. The molecule has 0 saturated carbocycles. The fraction of sp³-hybridized carbons (Fsp3) is 0.188. The van der Waals surface area contributed by atoms with E-state index in [0.29, 0.717) is 6.54 Å². The highest BCUT2D eigenvalue weighted by molar-refractivity contribution is 5.85. The minimum Gasteiger partial charge on any atom is -0.497 e. The van der Waals surface area contributed by atoms with Crippen LogP contribution in [0.5, 0.6) is 5.75 Å². The number of aliphatic hydroxyl groups excluding tert-OH is 1. The van der Waals surface area contributed by atoms with E-state index in [1.165, 1.54) is 0 Å². The van der Waals surface area contributed by atoms with Gasteiger partial charge in [-0.2, -0.15) is 0 Å². The highest BCUT2D eigenvalue weighted by Gasteiger charge is 2.05. The van der Waals surface area contributed by atoms with Gasteiger partial charge in [-0.1, -0.05) is 0 Å². The van der Waals surface area contributed by atoms with Crippen LogP contribution in [0.3, 0.4) is 0 Å². The molecule has 0 aliphatic carbocycles. The van der Waals surface area contributed by atoms with Gasteiger partial charge in [0.25, 0.3) is 0 Å². The molecule has 2 aromatic carbocycles. The van der Waals surface area contributed by atoms with Gasteiger partial charge in [0.1, 0.15) is 12.1 Å². The summed E-state index contributed by atoms with van der Waals surface area (Å²) in [5, 5.41) is 11.9. The highest BCUT2D eigenvalue weighted by atomic mass is 35.5. The Bertz CT molecular complexity index is 741. The lowest BCUT2D eigenvalue weighted by molar-refractivity contribution is 0.311. The van der Waals surface area contributed by atoms with E-state index in [1.807, 2.05) is 47.0 Å². The first-order chi connectivity index (χ1) is 10.3. The van der Waals surface area contributed by atoms with Gasteiger partial charge in [0.2, 0.25) is 0 Å². The molecule has 0 aliphatic heterocycles. The third-order valence-electron chi connectivity index (χ3n) is 3.34. The molecule has 1 aromatic heterocycles. The molecular formula is C16H18ClN3O2. The van der Waals surface area contributed by atoms with Gasteiger partial charge in [0.05, 0.1) is 24.8 Å². The Labute approximate surface area is 135 Å². The van der Waals surface area contributed by atoms with Crippen molar-refractivity contribution >= 4 is 29.1 Å². The maximum Gasteiger partial charge on any atom is 0.121 e. The van der Waals surface area contributed by atoms with Gasteiger partial charge in [-0.3, -0.25) is 4.57 Å². The predicted octanol–water partition coefficient (Wildman–Crippen LogP) is 2.86. The second-order valence-corrected chi connectivity index (χ2v) is 4.67. The molecule has 0 unspecified atom stereocenters. The maximum absolute atomic E-state index is 8.81. The molecule has 0 spiro atoms. The Hall–Kier alpha value is -2.24. The lowest BCUT2D eigenvalue weighted by Gasteiger charge is -2.08. The third-order valence-corrected chi connectivity index (χ3v) is 3.34. The predicted molar refractivity (Wildman–Crippen MR) is 90.4 cm³/mol. The molecular weight excluding hydrogens is 302 g/mol. The van der Waals surface area contributed by atoms with Crippen LogP contribution in [0.4, 0.5) is 5.69 Å². The topological polar surface area (TPSA) is 59.3 Å². The van der Waals surface area contributed by atoms with E-state index in [2.05, 4.69) is 10.3 Å². The largest absolute Gasteiger partial charge is 0.497 e. The van der Waals surface area contributed by atoms with Crippen LogP contribution in [0, 0.1) is 0 Å². The first-order valence-corrected chi connectivity index (χ1v) is 6.78. The fourth-order valence-electron chi connectivity index (χ4n) is 2.27. The Morgan fingerprint density at radius 1 is 1.18 bits per heavy atom. The van der Waals surface area contributed by atoms with Crippen LogP contribution in [0.1, 0.15) is 0 Å². The Balaban J connectivity index is 0.00000176. The summed E-state index contributed by atoms with van der Waals surface area (Å²) in [5.74, 6) is 0.802. The number of hydrogen-bond donors (Lipinski definition) is 2. The van der Waals surface area contributed by atoms with E-state index >= 15 is 0 Å². The standard InChI is InChI=1S/C16H17N3O2.ClH/c1-21-14-6-7-16-15(10-14)18-11-19(16)13-4-2-12(3-5-13)17-8-9-20;/h2-7,10-11,17,20H,8-9H2,1H3;1H. The second-order valence-electron chi connectivity index (χ2n) is 4.67. The van der Waals surface area contributed by atoms with E-state index in [-0.39, 0.29) is 19.0 Å². The fourth-order valence-corrected chi connectivity index (χ4v) is 2.27. The van der Waals surface area contributed by atoms with Gasteiger partial charge >= 0.3 is 0 Å². The van der Waals surface area contributed by atoms with Gasteiger partial charge in [-0.05, 0) is 36.4 Å². The molecule has 0 radical (unpaired) electrons. The lowest BCUT2D eigenvalue weighted by Crippen LogP contribution is -2.05. The van der Waals surface area contributed by atoms with E-state index in [1.54, 1.807) is 13.4 Å². The zero-order chi connectivity index (χ0) is 14.7. The average Bonchev–Trinajstić information content (AvgIpc) is 2.96. The number of aliphatic hydroxyl groups is 1. The van der Waals surface area contributed by atoms with Crippen LogP contribution in [0.2, 0.25) is 0 Å². The summed E-state index contributed by atoms with van der Waals surface area (Å²) in [6, 6.07) is 13.9. The van der Waals surface area contributed by atoms with Crippen LogP contribution in [0.15, 0.2) is 48.8 Å². The van der Waals surface area contributed by atoms with Gasteiger partial charge < -0.3 is 15.2 Å². The molecule has 2 N–H and O–H groups in total. The normalized spacial score (nSPS) is 10.3. The van der Waals surface area contributed by atoms with Gasteiger partial charge in [0.15, 0.2) is 0 Å². The number of hydrogen-bond acceptors (Lipinski definition) is 4. The van der Waals surface area contributed by atoms with E-state index < -0.39 is 0 Å². The number of methoxy groups -OCH3 is 1. The molecule has 0 amide bonds. The van der Waals surface area contributed by atoms with Crippen LogP contribution in [-0.4, -0.2) is 34.9 Å². The maximum atomic E-state index is 8.81. The SMILES string of the molecule is COc1ccc2c(c1)ncn2-c1ccc(NCCO)cc1.Cl. The highest BCUT2D eigenvalue weighted by Crippen LogP contribution is 2.23. The molecule has 116 valence electrons. The van der Waals surface area contributed by atoms with Crippen LogP contribution >= 0.6 is 12.4 Å². The molecule has 5 nitrogen and oxygen atoms in total. The number of nitrogens with one attached hydrogen (secondary N) is 1. The first-order valence-electron chi connectivity index (χ1n) is 6.78.